The van der Waals surface area contributed by atoms with Crippen LogP contribution in [0.3, 0.4) is 0 Å². The molecule has 0 spiro atoms. The van der Waals surface area contributed by atoms with Crippen molar-refractivity contribution in [2.45, 2.75) is 13.3 Å². The fourth-order valence-electron chi connectivity index (χ4n) is 1.67. The average Bonchev–Trinajstić information content (AvgIpc) is 2.81. The SMILES string of the molecule is CCNc1nc(NCCc2ccc(Br)s2)c(Cl)cc1Cl. The number of pyridine rings is 1. The summed E-state index contributed by atoms with van der Waals surface area (Å²) in [5.41, 5.74) is 0. The van der Waals surface area contributed by atoms with Crippen molar-refractivity contribution in [3.63, 3.8) is 0 Å². The van der Waals surface area contributed by atoms with Crippen LogP contribution in [-0.2, 0) is 6.42 Å². The van der Waals surface area contributed by atoms with E-state index in [1.54, 1.807) is 17.4 Å². The lowest BCUT2D eigenvalue weighted by Gasteiger charge is -2.11. The van der Waals surface area contributed by atoms with Crippen molar-refractivity contribution in [3.8, 4) is 0 Å². The minimum atomic E-state index is 0.531. The highest BCUT2D eigenvalue weighted by Gasteiger charge is 2.08. The summed E-state index contributed by atoms with van der Waals surface area (Å²) < 4.78 is 1.14. The van der Waals surface area contributed by atoms with Crippen molar-refractivity contribution >= 4 is 62.1 Å². The second kappa shape index (κ2) is 7.50. The summed E-state index contributed by atoms with van der Waals surface area (Å²) in [6.07, 6.45) is 0.924. The number of thiophene rings is 1. The maximum Gasteiger partial charge on any atom is 0.147 e. The third-order valence-corrected chi connectivity index (χ3v) is 4.83. The molecule has 2 aromatic rings. The van der Waals surface area contributed by atoms with Crippen LogP contribution < -0.4 is 10.6 Å². The molecule has 0 radical (unpaired) electrons. The van der Waals surface area contributed by atoms with Gasteiger partial charge >= 0.3 is 0 Å². The number of hydrogen-bond acceptors (Lipinski definition) is 4. The van der Waals surface area contributed by atoms with Gasteiger partial charge in [0.1, 0.15) is 11.6 Å². The predicted molar refractivity (Wildman–Crippen MR) is 92.6 cm³/mol. The van der Waals surface area contributed by atoms with Crippen molar-refractivity contribution in [3.05, 3.63) is 36.9 Å². The molecule has 0 atom stereocenters. The van der Waals surface area contributed by atoms with E-state index in [1.807, 2.05) is 6.92 Å². The number of hydrogen-bond donors (Lipinski definition) is 2. The molecule has 7 heteroatoms. The van der Waals surface area contributed by atoms with Gasteiger partial charge in [0.2, 0.25) is 0 Å². The van der Waals surface area contributed by atoms with Gasteiger partial charge in [-0.3, -0.25) is 0 Å². The molecule has 0 unspecified atom stereocenters. The van der Waals surface area contributed by atoms with Gasteiger partial charge in [-0.25, -0.2) is 4.98 Å². The predicted octanol–water partition coefficient (Wildman–Crippen LogP) is 5.30. The van der Waals surface area contributed by atoms with E-state index in [2.05, 4.69) is 43.7 Å². The summed E-state index contributed by atoms with van der Waals surface area (Å²) in [7, 11) is 0. The van der Waals surface area contributed by atoms with Gasteiger partial charge in [0.25, 0.3) is 0 Å². The van der Waals surface area contributed by atoms with E-state index < -0.39 is 0 Å². The Morgan fingerprint density at radius 2 is 1.90 bits per heavy atom. The smallest absolute Gasteiger partial charge is 0.147 e. The van der Waals surface area contributed by atoms with Crippen LogP contribution in [0.4, 0.5) is 11.6 Å². The van der Waals surface area contributed by atoms with Crippen molar-refractivity contribution in [2.75, 3.05) is 23.7 Å². The lowest BCUT2D eigenvalue weighted by molar-refractivity contribution is 1.03. The maximum absolute atomic E-state index is 6.15. The van der Waals surface area contributed by atoms with Crippen molar-refractivity contribution in [1.29, 1.82) is 0 Å². The normalized spacial score (nSPS) is 10.6. The minimum absolute atomic E-state index is 0.531. The summed E-state index contributed by atoms with van der Waals surface area (Å²) in [6.45, 7) is 3.53. The fraction of sp³-hybridized carbons (Fsp3) is 0.308. The van der Waals surface area contributed by atoms with Gasteiger partial charge in [-0.15, -0.1) is 11.3 Å². The van der Waals surface area contributed by atoms with Crippen molar-refractivity contribution in [1.82, 2.24) is 4.98 Å². The Labute approximate surface area is 140 Å². The molecule has 0 amide bonds. The molecular formula is C13H14BrCl2N3S. The molecule has 2 N–H and O–H groups in total. The molecule has 2 rings (SSSR count). The van der Waals surface area contributed by atoms with Gasteiger partial charge in [-0.05, 0) is 47.5 Å². The Kier molecular flexibility index (Phi) is 5.96. The van der Waals surface area contributed by atoms with Crippen LogP contribution in [0.15, 0.2) is 22.0 Å². The van der Waals surface area contributed by atoms with Gasteiger partial charge in [-0.1, -0.05) is 23.2 Å². The fourth-order valence-corrected chi connectivity index (χ4v) is 3.65. The number of anilines is 2. The quantitative estimate of drug-likeness (QED) is 0.697. The van der Waals surface area contributed by atoms with Gasteiger partial charge < -0.3 is 10.6 Å². The molecule has 0 bridgehead atoms. The molecule has 0 aromatic carbocycles. The van der Waals surface area contributed by atoms with Crippen LogP contribution in [0.2, 0.25) is 10.0 Å². The van der Waals surface area contributed by atoms with E-state index in [-0.39, 0.29) is 0 Å². The van der Waals surface area contributed by atoms with Gasteiger partial charge in [0, 0.05) is 18.0 Å². The van der Waals surface area contributed by atoms with Gasteiger partial charge in [0.15, 0.2) is 0 Å². The zero-order chi connectivity index (χ0) is 14.5. The molecule has 20 heavy (non-hydrogen) atoms. The summed E-state index contributed by atoms with van der Waals surface area (Å²) >= 11 is 17.4. The van der Waals surface area contributed by atoms with Crippen LogP contribution in [0, 0.1) is 0 Å². The summed E-state index contributed by atoms with van der Waals surface area (Å²) in [6, 6.07) is 5.87. The van der Waals surface area contributed by atoms with Crippen molar-refractivity contribution < 1.29 is 0 Å². The Morgan fingerprint density at radius 3 is 2.50 bits per heavy atom. The Hall–Kier alpha value is -0.490. The van der Waals surface area contributed by atoms with E-state index in [1.165, 1.54) is 4.88 Å². The highest BCUT2D eigenvalue weighted by Crippen LogP contribution is 2.29. The van der Waals surface area contributed by atoms with Crippen LogP contribution in [0.5, 0.6) is 0 Å². The zero-order valence-electron chi connectivity index (χ0n) is 10.8. The first-order valence-electron chi connectivity index (χ1n) is 6.18. The molecule has 3 nitrogen and oxygen atoms in total. The summed E-state index contributed by atoms with van der Waals surface area (Å²) in [5.74, 6) is 1.31. The lowest BCUT2D eigenvalue weighted by Crippen LogP contribution is -2.08. The standard InChI is InChI=1S/C13H14BrCl2N3S/c1-2-17-12-9(15)7-10(16)13(19-12)18-6-5-8-3-4-11(14)20-8/h3-4,7H,2,5-6H2,1H3,(H2,17,18,19). The minimum Gasteiger partial charge on any atom is -0.369 e. The molecule has 2 heterocycles. The third-order valence-electron chi connectivity index (χ3n) is 2.57. The lowest BCUT2D eigenvalue weighted by atomic mass is 10.3. The third kappa shape index (κ3) is 4.25. The Balaban J connectivity index is 1.99. The van der Waals surface area contributed by atoms with E-state index in [0.717, 1.165) is 23.3 Å². The number of rotatable bonds is 6. The van der Waals surface area contributed by atoms with Gasteiger partial charge in [-0.2, -0.15) is 0 Å². The van der Waals surface area contributed by atoms with Crippen LogP contribution in [-0.4, -0.2) is 18.1 Å². The highest BCUT2D eigenvalue weighted by molar-refractivity contribution is 9.11. The summed E-state index contributed by atoms with van der Waals surface area (Å²) in [4.78, 5) is 5.71. The highest BCUT2D eigenvalue weighted by atomic mass is 79.9. The monoisotopic (exact) mass is 393 g/mol. The molecule has 0 aliphatic rings. The maximum atomic E-state index is 6.15. The number of aromatic nitrogens is 1. The first-order valence-corrected chi connectivity index (χ1v) is 8.54. The number of nitrogens with zero attached hydrogens (tertiary/aromatic N) is 1. The second-order valence-corrected chi connectivity index (χ2v) is 7.42. The molecule has 0 fully saturated rings. The Morgan fingerprint density at radius 1 is 1.20 bits per heavy atom. The first kappa shape index (κ1) is 15.9. The molecule has 2 aromatic heterocycles. The van der Waals surface area contributed by atoms with Crippen LogP contribution >= 0.6 is 50.5 Å². The molecule has 108 valence electrons. The zero-order valence-corrected chi connectivity index (χ0v) is 14.8. The second-order valence-electron chi connectivity index (χ2n) is 4.06. The van der Waals surface area contributed by atoms with Gasteiger partial charge in [0.05, 0.1) is 13.8 Å². The largest absolute Gasteiger partial charge is 0.369 e. The van der Waals surface area contributed by atoms with Crippen LogP contribution in [0.1, 0.15) is 11.8 Å². The van der Waals surface area contributed by atoms with E-state index in [4.69, 9.17) is 23.2 Å². The number of halogens is 3. The number of nitrogens with one attached hydrogen (secondary N) is 2. The van der Waals surface area contributed by atoms with Crippen molar-refractivity contribution in [2.24, 2.45) is 0 Å². The average molecular weight is 395 g/mol. The van der Waals surface area contributed by atoms with E-state index in [9.17, 15) is 0 Å². The Bertz CT molecular complexity index is 589. The van der Waals surface area contributed by atoms with Crippen LogP contribution in [0.25, 0.3) is 0 Å². The first-order chi connectivity index (χ1) is 9.60. The molecule has 0 aliphatic heterocycles. The topological polar surface area (TPSA) is 37.0 Å². The summed E-state index contributed by atoms with van der Waals surface area (Å²) in [5, 5.41) is 7.42. The molecule has 0 saturated carbocycles. The van der Waals surface area contributed by atoms with E-state index in [0.29, 0.717) is 21.7 Å². The molecule has 0 aliphatic carbocycles. The molecule has 0 saturated heterocycles. The van der Waals surface area contributed by atoms with E-state index >= 15 is 0 Å². The molecular weight excluding hydrogens is 381 g/mol.